The smallest absolute Gasteiger partial charge is 0.279 e. The number of nitrogens with one attached hydrogen (secondary N) is 2. The average Bonchev–Trinajstić information content (AvgIpc) is 2.85. The third-order valence-corrected chi connectivity index (χ3v) is 4.49. The highest BCUT2D eigenvalue weighted by atomic mass is 79.9. The van der Waals surface area contributed by atoms with Crippen LogP contribution in [0.15, 0.2) is 15.9 Å². The van der Waals surface area contributed by atoms with Gasteiger partial charge in [-0.2, -0.15) is 0 Å². The van der Waals surface area contributed by atoms with Gasteiger partial charge in [0, 0.05) is 13.0 Å². The van der Waals surface area contributed by atoms with Gasteiger partial charge in [0.05, 0.1) is 8.66 Å². The van der Waals surface area contributed by atoms with Crippen molar-refractivity contribution in [3.05, 3.63) is 20.8 Å². The van der Waals surface area contributed by atoms with Crippen molar-refractivity contribution in [2.45, 2.75) is 19.3 Å². The van der Waals surface area contributed by atoms with Crippen LogP contribution in [0.5, 0.6) is 0 Å². The lowest BCUT2D eigenvalue weighted by molar-refractivity contribution is -0.138. The SMILES string of the molecule is O=C(CN1CCCCC1=O)NNC(=O)c1ccc(Br)s1. The molecule has 0 aliphatic carbocycles. The van der Waals surface area contributed by atoms with Crippen molar-refractivity contribution in [2.24, 2.45) is 0 Å². The number of hydrogen-bond donors (Lipinski definition) is 2. The molecule has 20 heavy (non-hydrogen) atoms. The molecule has 0 saturated carbocycles. The summed E-state index contributed by atoms with van der Waals surface area (Å²) in [7, 11) is 0. The number of amides is 3. The van der Waals surface area contributed by atoms with Crippen molar-refractivity contribution in [1.82, 2.24) is 15.8 Å². The Bertz CT molecular complexity index is 532. The van der Waals surface area contributed by atoms with Crippen LogP contribution in [-0.4, -0.2) is 35.7 Å². The summed E-state index contributed by atoms with van der Waals surface area (Å²) in [5.74, 6) is -0.789. The van der Waals surface area contributed by atoms with Gasteiger partial charge in [0.2, 0.25) is 5.91 Å². The Balaban J connectivity index is 1.77. The maximum atomic E-state index is 11.7. The van der Waals surface area contributed by atoms with E-state index in [0.717, 1.165) is 16.6 Å². The van der Waals surface area contributed by atoms with E-state index in [4.69, 9.17) is 0 Å². The summed E-state index contributed by atoms with van der Waals surface area (Å²) in [5, 5.41) is 0. The fraction of sp³-hybridized carbons (Fsp3) is 0.417. The van der Waals surface area contributed by atoms with Crippen LogP contribution in [0.2, 0.25) is 0 Å². The quantitative estimate of drug-likeness (QED) is 0.798. The highest BCUT2D eigenvalue weighted by Gasteiger charge is 2.20. The molecule has 0 aromatic carbocycles. The lowest BCUT2D eigenvalue weighted by Crippen LogP contribution is -2.48. The molecule has 2 rings (SSSR count). The van der Waals surface area contributed by atoms with Gasteiger partial charge in [-0.3, -0.25) is 25.2 Å². The van der Waals surface area contributed by atoms with E-state index >= 15 is 0 Å². The molecule has 2 N–H and O–H groups in total. The van der Waals surface area contributed by atoms with Crippen LogP contribution in [0.25, 0.3) is 0 Å². The van der Waals surface area contributed by atoms with Crippen LogP contribution >= 0.6 is 27.3 Å². The van der Waals surface area contributed by atoms with Crippen molar-refractivity contribution >= 4 is 45.0 Å². The lowest BCUT2D eigenvalue weighted by Gasteiger charge is -2.25. The second kappa shape index (κ2) is 6.85. The van der Waals surface area contributed by atoms with Gasteiger partial charge in [0.1, 0.15) is 6.54 Å². The van der Waals surface area contributed by atoms with E-state index in [1.54, 1.807) is 12.1 Å². The average molecular weight is 360 g/mol. The van der Waals surface area contributed by atoms with Gasteiger partial charge in [-0.05, 0) is 40.9 Å². The predicted molar refractivity (Wildman–Crippen MR) is 78.1 cm³/mol. The first kappa shape index (κ1) is 15.0. The van der Waals surface area contributed by atoms with Crippen LogP contribution in [0.4, 0.5) is 0 Å². The summed E-state index contributed by atoms with van der Waals surface area (Å²) in [4.78, 5) is 36.9. The van der Waals surface area contributed by atoms with E-state index in [1.807, 2.05) is 0 Å². The van der Waals surface area contributed by atoms with Gasteiger partial charge in [-0.15, -0.1) is 11.3 Å². The molecular weight excluding hydrogens is 346 g/mol. The number of thiophene rings is 1. The van der Waals surface area contributed by atoms with E-state index in [2.05, 4.69) is 26.8 Å². The Morgan fingerprint density at radius 3 is 2.75 bits per heavy atom. The molecule has 0 radical (unpaired) electrons. The third-order valence-electron chi connectivity index (χ3n) is 2.87. The van der Waals surface area contributed by atoms with Gasteiger partial charge in [0.25, 0.3) is 11.8 Å². The minimum absolute atomic E-state index is 0.0140. The molecule has 8 heteroatoms. The summed E-state index contributed by atoms with van der Waals surface area (Å²) >= 11 is 4.53. The third kappa shape index (κ3) is 4.04. The number of carbonyl (C=O) groups excluding carboxylic acids is 3. The molecular formula is C12H14BrN3O3S. The highest BCUT2D eigenvalue weighted by Crippen LogP contribution is 2.21. The number of halogens is 1. The van der Waals surface area contributed by atoms with Crippen LogP contribution < -0.4 is 10.9 Å². The fourth-order valence-corrected chi connectivity index (χ4v) is 3.15. The Hall–Kier alpha value is -1.41. The van der Waals surface area contributed by atoms with Crippen molar-refractivity contribution in [2.75, 3.05) is 13.1 Å². The number of hydrogen-bond acceptors (Lipinski definition) is 4. The molecule has 1 aliphatic rings. The summed E-state index contributed by atoms with van der Waals surface area (Å²) in [6.07, 6.45) is 2.28. The van der Waals surface area contributed by atoms with Crippen molar-refractivity contribution in [3.8, 4) is 0 Å². The van der Waals surface area contributed by atoms with Crippen LogP contribution in [0, 0.1) is 0 Å². The number of hydrazine groups is 1. The normalized spacial score (nSPS) is 15.1. The summed E-state index contributed by atoms with van der Waals surface area (Å²) in [6, 6.07) is 3.41. The zero-order chi connectivity index (χ0) is 14.5. The van der Waals surface area contributed by atoms with Crippen LogP contribution in [-0.2, 0) is 9.59 Å². The standard InChI is InChI=1S/C12H14BrN3O3S/c13-9-5-4-8(20-9)12(19)15-14-10(17)7-16-6-2-1-3-11(16)18/h4-5H,1-3,6-7H2,(H,14,17)(H,15,19). The Labute approximate surface area is 128 Å². The molecule has 1 aromatic rings. The van der Waals surface area contributed by atoms with Gasteiger partial charge >= 0.3 is 0 Å². The van der Waals surface area contributed by atoms with Crippen LogP contribution in [0.1, 0.15) is 28.9 Å². The molecule has 1 aromatic heterocycles. The number of likely N-dealkylation sites (tertiary alicyclic amines) is 1. The summed E-state index contributed by atoms with van der Waals surface area (Å²) < 4.78 is 0.841. The van der Waals surface area contributed by atoms with Crippen LogP contribution in [0.3, 0.4) is 0 Å². The van der Waals surface area contributed by atoms with E-state index in [0.29, 0.717) is 17.8 Å². The fourth-order valence-electron chi connectivity index (χ4n) is 1.87. The van der Waals surface area contributed by atoms with Gasteiger partial charge in [0.15, 0.2) is 0 Å². The predicted octanol–water partition coefficient (Wildman–Crippen LogP) is 1.28. The maximum Gasteiger partial charge on any atom is 0.279 e. The Kier molecular flexibility index (Phi) is 5.13. The molecule has 108 valence electrons. The number of rotatable bonds is 3. The molecule has 6 nitrogen and oxygen atoms in total. The molecule has 1 saturated heterocycles. The van der Waals surface area contributed by atoms with Crippen molar-refractivity contribution < 1.29 is 14.4 Å². The lowest BCUT2D eigenvalue weighted by atomic mass is 10.1. The minimum Gasteiger partial charge on any atom is -0.333 e. The molecule has 1 aliphatic heterocycles. The first-order chi connectivity index (χ1) is 9.56. The number of carbonyl (C=O) groups is 3. The van der Waals surface area contributed by atoms with E-state index in [1.165, 1.54) is 16.2 Å². The largest absolute Gasteiger partial charge is 0.333 e. The number of piperidine rings is 1. The minimum atomic E-state index is -0.399. The zero-order valence-corrected chi connectivity index (χ0v) is 13.1. The van der Waals surface area contributed by atoms with Crippen molar-refractivity contribution in [3.63, 3.8) is 0 Å². The monoisotopic (exact) mass is 359 g/mol. The molecule has 0 atom stereocenters. The topological polar surface area (TPSA) is 78.5 Å². The van der Waals surface area contributed by atoms with Gasteiger partial charge < -0.3 is 4.90 Å². The second-order valence-corrected chi connectivity index (χ2v) is 6.84. The molecule has 2 heterocycles. The molecule has 0 bridgehead atoms. The number of nitrogens with zero attached hydrogens (tertiary/aromatic N) is 1. The molecule has 0 spiro atoms. The second-order valence-electron chi connectivity index (χ2n) is 4.38. The Morgan fingerprint density at radius 1 is 1.30 bits per heavy atom. The first-order valence-corrected chi connectivity index (χ1v) is 7.79. The molecule has 0 unspecified atom stereocenters. The summed E-state index contributed by atoms with van der Waals surface area (Å²) in [6.45, 7) is 0.575. The zero-order valence-electron chi connectivity index (χ0n) is 10.6. The van der Waals surface area contributed by atoms with E-state index in [-0.39, 0.29) is 18.4 Å². The molecule has 1 fully saturated rings. The summed E-state index contributed by atoms with van der Waals surface area (Å²) in [5.41, 5.74) is 4.65. The van der Waals surface area contributed by atoms with E-state index in [9.17, 15) is 14.4 Å². The first-order valence-electron chi connectivity index (χ1n) is 6.18. The Morgan fingerprint density at radius 2 is 2.10 bits per heavy atom. The highest BCUT2D eigenvalue weighted by molar-refractivity contribution is 9.11. The molecule has 3 amide bonds. The van der Waals surface area contributed by atoms with Gasteiger partial charge in [-0.25, -0.2) is 0 Å². The van der Waals surface area contributed by atoms with Crippen molar-refractivity contribution in [1.29, 1.82) is 0 Å². The van der Waals surface area contributed by atoms with Gasteiger partial charge in [-0.1, -0.05) is 0 Å². The van der Waals surface area contributed by atoms with E-state index < -0.39 is 5.91 Å². The maximum absolute atomic E-state index is 11.7.